The van der Waals surface area contributed by atoms with Gasteiger partial charge in [0.25, 0.3) is 5.56 Å². The molecule has 1 saturated heterocycles. The predicted molar refractivity (Wildman–Crippen MR) is 146 cm³/mol. The number of ether oxygens (including phenoxy) is 7. The number of alkyl carbamates (subject to hydrolysis) is 1. The third-order valence-electron chi connectivity index (χ3n) is 6.03. The van der Waals surface area contributed by atoms with Crippen LogP contribution in [-0.4, -0.2) is 82.3 Å². The molecule has 1 fully saturated rings. The zero-order valence-electron chi connectivity index (χ0n) is 24.9. The van der Waals surface area contributed by atoms with Crippen LogP contribution in [0.2, 0.25) is 0 Å². The Morgan fingerprint density at radius 1 is 1.02 bits per heavy atom. The number of nitrogens with one attached hydrogen (secondary N) is 2. The van der Waals surface area contributed by atoms with Crippen molar-refractivity contribution in [2.24, 2.45) is 0 Å². The quantitative estimate of drug-likeness (QED) is 0.133. The molecule has 5 atom stereocenters. The van der Waals surface area contributed by atoms with Gasteiger partial charge in [-0.3, -0.25) is 38.8 Å². The number of aromatic amines is 1. The third kappa shape index (κ3) is 9.32. The summed E-state index contributed by atoms with van der Waals surface area (Å²) in [4.78, 5) is 96.0. The summed E-state index contributed by atoms with van der Waals surface area (Å²) in [7, 11) is 0.973. The van der Waals surface area contributed by atoms with E-state index < -0.39 is 107 Å². The van der Waals surface area contributed by atoms with Crippen molar-refractivity contribution in [3.63, 3.8) is 0 Å². The summed E-state index contributed by atoms with van der Waals surface area (Å²) in [5.74, 6) is -5.77. The molecule has 0 spiro atoms. The van der Waals surface area contributed by atoms with Crippen LogP contribution in [0.25, 0.3) is 0 Å². The number of hydrogen-bond donors (Lipinski definition) is 2. The predicted octanol–water partition coefficient (Wildman–Crippen LogP) is -0.460. The van der Waals surface area contributed by atoms with Crippen LogP contribution in [0.1, 0.15) is 26.3 Å². The lowest BCUT2D eigenvalue weighted by Gasteiger charge is -2.42. The highest BCUT2D eigenvalue weighted by Gasteiger charge is 2.56. The topological polar surface area (TPSA) is 260 Å². The van der Waals surface area contributed by atoms with Crippen molar-refractivity contribution in [2.75, 3.05) is 7.11 Å². The van der Waals surface area contributed by atoms with E-state index in [1.54, 1.807) is 4.98 Å². The molecule has 2 aromatic rings. The van der Waals surface area contributed by atoms with Crippen LogP contribution in [0.4, 0.5) is 14.9 Å². The number of methoxy groups -OCH3 is 1. The summed E-state index contributed by atoms with van der Waals surface area (Å²) < 4.78 is 50.6. The van der Waals surface area contributed by atoms with Crippen molar-refractivity contribution in [3.05, 3.63) is 66.7 Å². The molecular weight excluding hydrogens is 643 g/mol. The van der Waals surface area contributed by atoms with Gasteiger partial charge in [-0.1, -0.05) is 6.07 Å². The van der Waals surface area contributed by atoms with Gasteiger partial charge >= 0.3 is 41.3 Å². The van der Waals surface area contributed by atoms with Crippen molar-refractivity contribution >= 4 is 35.7 Å². The normalized spacial score (nSPS) is 20.2. The van der Waals surface area contributed by atoms with Gasteiger partial charge in [-0.05, 0) is 11.6 Å². The third-order valence-corrected chi connectivity index (χ3v) is 6.03. The Bertz CT molecular complexity index is 1670. The maximum Gasteiger partial charge on any atom is 0.408 e. The van der Waals surface area contributed by atoms with Crippen molar-refractivity contribution < 1.29 is 66.4 Å². The number of carbonyl (C=O) groups is 5. The highest BCUT2D eigenvalue weighted by Crippen LogP contribution is 2.35. The van der Waals surface area contributed by atoms with Crippen molar-refractivity contribution in [3.8, 4) is 5.75 Å². The monoisotopic (exact) mass is 670 g/mol. The average Bonchev–Trinajstić information content (AvgIpc) is 2.99. The number of aromatic nitrogens is 2. The van der Waals surface area contributed by atoms with E-state index in [4.69, 9.17) is 33.2 Å². The lowest BCUT2D eigenvalue weighted by atomic mass is 9.97. The first-order valence-electron chi connectivity index (χ1n) is 13.2. The summed E-state index contributed by atoms with van der Waals surface area (Å²) in [6, 6.07) is 3.22. The van der Waals surface area contributed by atoms with E-state index in [2.05, 4.69) is 5.32 Å². The molecule has 1 aliphatic heterocycles. The average molecular weight is 671 g/mol. The van der Waals surface area contributed by atoms with Gasteiger partial charge in [0.05, 0.1) is 18.2 Å². The van der Waals surface area contributed by atoms with Gasteiger partial charge in [-0.2, -0.15) is 4.39 Å². The number of nitrogens with zero attached hydrogens (tertiary/aromatic N) is 2. The highest BCUT2D eigenvalue weighted by atomic mass is 19.1. The number of nitro benzene ring substituents is 1. The summed E-state index contributed by atoms with van der Waals surface area (Å²) in [5.41, 5.74) is -2.95. The lowest BCUT2D eigenvalue weighted by molar-refractivity contribution is -0.387. The number of amides is 1. The molecule has 1 amide bonds. The minimum Gasteiger partial charge on any atom is -0.467 e. The molecule has 1 aromatic heterocycles. The molecular formula is C26H27FN4O16. The van der Waals surface area contributed by atoms with Gasteiger partial charge < -0.3 is 38.5 Å². The molecule has 0 bridgehead atoms. The van der Waals surface area contributed by atoms with Gasteiger partial charge in [0.2, 0.25) is 18.2 Å². The Morgan fingerprint density at radius 3 is 2.23 bits per heavy atom. The molecule has 0 unspecified atom stereocenters. The molecule has 0 aliphatic carbocycles. The molecule has 2 N–H and O–H groups in total. The number of benzene rings is 1. The molecule has 254 valence electrons. The number of carbonyl (C=O) groups excluding carboxylic acids is 5. The fraction of sp³-hybridized carbons (Fsp3) is 0.423. The van der Waals surface area contributed by atoms with Crippen molar-refractivity contribution in [1.29, 1.82) is 0 Å². The van der Waals surface area contributed by atoms with Crippen LogP contribution in [0.5, 0.6) is 5.75 Å². The minimum atomic E-state index is -1.88. The molecule has 3 rings (SSSR count). The van der Waals surface area contributed by atoms with Crippen LogP contribution in [0.15, 0.2) is 34.0 Å². The van der Waals surface area contributed by atoms with Gasteiger partial charge in [0, 0.05) is 26.8 Å². The van der Waals surface area contributed by atoms with Gasteiger partial charge in [-0.25, -0.2) is 14.4 Å². The second kappa shape index (κ2) is 15.4. The SMILES string of the molecule is COC(=O)[C@H]1O[C@@H](Oc2ccc(COC(=O)NCn3cc(F)c(=O)[nH]c3=O)cc2[N+](=O)[O-])[C@H](OC(C)=O)[C@@H](OC(C)=O)[C@@H]1OC(C)=O. The molecule has 21 heteroatoms. The van der Waals surface area contributed by atoms with E-state index in [-0.39, 0.29) is 5.56 Å². The Morgan fingerprint density at radius 2 is 1.64 bits per heavy atom. The minimum absolute atomic E-state index is 0.0488. The zero-order chi connectivity index (χ0) is 35.0. The standard InChI is InChI=1S/C26H27FN4O16/c1-11(32)43-18-19(44-12(2)33)21(45-13(3)34)24(47-20(18)23(36)41-4)46-17-6-5-14(7-16(17)31(39)40)9-42-26(38)28-10-30-8-15(27)22(35)29-25(30)37/h5-8,18-21,24H,9-10H2,1-4H3,(H,28,38)(H,29,35,37)/t18-,19-,20-,21+,24+/m0/s1. The summed E-state index contributed by atoms with van der Waals surface area (Å²) >= 11 is 0. The number of halogens is 1. The zero-order valence-corrected chi connectivity index (χ0v) is 24.9. The second-order valence-electron chi connectivity index (χ2n) is 9.46. The fourth-order valence-electron chi connectivity index (χ4n) is 4.14. The van der Waals surface area contributed by atoms with Crippen LogP contribution in [0.3, 0.4) is 0 Å². The van der Waals surface area contributed by atoms with Crippen LogP contribution < -0.4 is 21.3 Å². The van der Waals surface area contributed by atoms with Crippen molar-refractivity contribution in [1.82, 2.24) is 14.9 Å². The number of H-pyrrole nitrogens is 1. The smallest absolute Gasteiger partial charge is 0.408 e. The molecule has 1 aliphatic rings. The van der Waals surface area contributed by atoms with E-state index in [1.165, 1.54) is 6.07 Å². The highest BCUT2D eigenvalue weighted by molar-refractivity contribution is 5.77. The molecule has 0 saturated carbocycles. The summed E-state index contributed by atoms with van der Waals surface area (Å²) in [6.07, 6.45) is -9.42. The molecule has 2 heterocycles. The number of hydrogen-bond acceptors (Lipinski definition) is 16. The van der Waals surface area contributed by atoms with E-state index in [1.807, 2.05) is 0 Å². The van der Waals surface area contributed by atoms with Gasteiger partial charge in [0.1, 0.15) is 13.3 Å². The van der Waals surface area contributed by atoms with Crippen LogP contribution >= 0.6 is 0 Å². The van der Waals surface area contributed by atoms with Gasteiger partial charge in [-0.15, -0.1) is 0 Å². The Hall–Kier alpha value is -5.86. The van der Waals surface area contributed by atoms with E-state index in [0.29, 0.717) is 10.8 Å². The maximum absolute atomic E-state index is 13.4. The second-order valence-corrected chi connectivity index (χ2v) is 9.46. The maximum atomic E-state index is 13.4. The first kappa shape index (κ1) is 35.6. The van der Waals surface area contributed by atoms with Gasteiger partial charge in [0.15, 0.2) is 24.1 Å². The molecule has 0 radical (unpaired) electrons. The van der Waals surface area contributed by atoms with Crippen molar-refractivity contribution in [2.45, 2.75) is 64.8 Å². The number of nitro groups is 1. The van der Waals surface area contributed by atoms with Crippen LogP contribution in [0, 0.1) is 15.9 Å². The van der Waals surface area contributed by atoms with E-state index in [9.17, 15) is 48.1 Å². The Kier molecular flexibility index (Phi) is 11.7. The van der Waals surface area contributed by atoms with E-state index >= 15 is 0 Å². The molecule has 1 aromatic carbocycles. The lowest BCUT2D eigenvalue weighted by Crippen LogP contribution is -2.64. The number of esters is 4. The first-order valence-corrected chi connectivity index (χ1v) is 13.2. The van der Waals surface area contributed by atoms with E-state index in [0.717, 1.165) is 40.0 Å². The molecule has 20 nitrogen and oxygen atoms in total. The Labute approximate surface area is 261 Å². The first-order chi connectivity index (χ1) is 22.1. The fourth-order valence-corrected chi connectivity index (χ4v) is 4.14. The molecule has 47 heavy (non-hydrogen) atoms. The Balaban J connectivity index is 1.85. The summed E-state index contributed by atoms with van der Waals surface area (Å²) in [6.45, 7) is 1.78. The number of rotatable bonds is 11. The largest absolute Gasteiger partial charge is 0.467 e. The summed E-state index contributed by atoms with van der Waals surface area (Å²) in [5, 5.41) is 14.1. The van der Waals surface area contributed by atoms with Crippen LogP contribution in [-0.2, 0) is 60.9 Å².